The van der Waals surface area contributed by atoms with Gasteiger partial charge >= 0.3 is 0 Å². The Bertz CT molecular complexity index is 404. The fourth-order valence-corrected chi connectivity index (χ4v) is 1.77. The zero-order valence-electron chi connectivity index (χ0n) is 9.14. The van der Waals surface area contributed by atoms with E-state index in [1.54, 1.807) is 7.11 Å². The molecule has 0 bridgehead atoms. The van der Waals surface area contributed by atoms with Crippen molar-refractivity contribution in [3.05, 3.63) is 29.8 Å². The Morgan fingerprint density at radius 2 is 2.06 bits per heavy atom. The van der Waals surface area contributed by atoms with Crippen LogP contribution < -0.4 is 10.5 Å². The van der Waals surface area contributed by atoms with E-state index >= 15 is 0 Å². The summed E-state index contributed by atoms with van der Waals surface area (Å²) in [5.41, 5.74) is 6.47. The maximum atomic E-state index is 9.13. The predicted molar refractivity (Wildman–Crippen MR) is 58.8 cm³/mol. The van der Waals surface area contributed by atoms with E-state index in [0.29, 0.717) is 13.2 Å². The highest BCUT2D eigenvalue weighted by Crippen LogP contribution is 2.38. The summed E-state index contributed by atoms with van der Waals surface area (Å²) in [6.45, 7) is 0.827. The van der Waals surface area contributed by atoms with Crippen molar-refractivity contribution in [2.75, 3.05) is 20.3 Å². The molecule has 1 aromatic carbocycles. The minimum Gasteiger partial charge on any atom is -0.497 e. The molecule has 0 spiro atoms. The molecule has 1 heterocycles. The largest absolute Gasteiger partial charge is 0.497 e. The summed E-state index contributed by atoms with van der Waals surface area (Å²) in [4.78, 5) is 0. The first-order chi connectivity index (χ1) is 7.72. The van der Waals surface area contributed by atoms with Gasteiger partial charge in [0.1, 0.15) is 11.2 Å². The van der Waals surface area contributed by atoms with Crippen molar-refractivity contribution in [3.8, 4) is 11.8 Å². The molecule has 1 saturated heterocycles. The summed E-state index contributed by atoms with van der Waals surface area (Å²) in [5.74, 6) is 0.784. The molecular formula is C12H14N2O2. The second-order valence-corrected chi connectivity index (χ2v) is 4.01. The van der Waals surface area contributed by atoms with Crippen LogP contribution in [0, 0.1) is 16.7 Å². The number of nitriles is 1. The molecular weight excluding hydrogens is 204 g/mol. The lowest BCUT2D eigenvalue weighted by atomic mass is 9.77. The van der Waals surface area contributed by atoms with Gasteiger partial charge in [-0.3, -0.25) is 0 Å². The monoisotopic (exact) mass is 218 g/mol. The van der Waals surface area contributed by atoms with Gasteiger partial charge in [0.05, 0.1) is 32.4 Å². The molecule has 84 valence electrons. The van der Waals surface area contributed by atoms with Crippen LogP contribution >= 0.6 is 0 Å². The minimum atomic E-state index is -0.561. The molecule has 1 unspecified atom stereocenters. The van der Waals surface area contributed by atoms with Gasteiger partial charge in [0.15, 0.2) is 0 Å². The lowest BCUT2D eigenvalue weighted by molar-refractivity contribution is -0.0910. The Kier molecular flexibility index (Phi) is 2.82. The molecule has 0 aromatic heterocycles. The van der Waals surface area contributed by atoms with Crippen LogP contribution in [0.3, 0.4) is 0 Å². The number of methoxy groups -OCH3 is 1. The van der Waals surface area contributed by atoms with Gasteiger partial charge in [-0.15, -0.1) is 0 Å². The van der Waals surface area contributed by atoms with Crippen molar-refractivity contribution < 1.29 is 9.47 Å². The van der Waals surface area contributed by atoms with Crippen molar-refractivity contribution in [1.82, 2.24) is 0 Å². The van der Waals surface area contributed by atoms with E-state index in [-0.39, 0.29) is 6.04 Å². The fraction of sp³-hybridized carbons (Fsp3) is 0.417. The van der Waals surface area contributed by atoms with E-state index in [1.165, 1.54) is 0 Å². The van der Waals surface area contributed by atoms with Crippen molar-refractivity contribution in [2.45, 2.75) is 6.04 Å². The number of nitrogens with zero attached hydrogens (tertiary/aromatic N) is 1. The summed E-state index contributed by atoms with van der Waals surface area (Å²) in [6.07, 6.45) is 0. The molecule has 0 radical (unpaired) electrons. The van der Waals surface area contributed by atoms with Crippen LogP contribution in [0.5, 0.6) is 5.75 Å². The smallest absolute Gasteiger partial charge is 0.123 e. The number of ether oxygens (including phenoxy) is 2. The number of benzene rings is 1. The summed E-state index contributed by atoms with van der Waals surface area (Å²) >= 11 is 0. The Morgan fingerprint density at radius 1 is 1.44 bits per heavy atom. The Morgan fingerprint density at radius 3 is 2.44 bits per heavy atom. The summed E-state index contributed by atoms with van der Waals surface area (Å²) in [6, 6.07) is 9.43. The molecule has 0 aliphatic carbocycles. The van der Waals surface area contributed by atoms with Gasteiger partial charge in [0.2, 0.25) is 0 Å². The molecule has 1 atom stereocenters. The molecule has 16 heavy (non-hydrogen) atoms. The van der Waals surface area contributed by atoms with Gasteiger partial charge in [-0.1, -0.05) is 12.1 Å². The summed E-state index contributed by atoms with van der Waals surface area (Å²) in [5, 5.41) is 9.13. The topological polar surface area (TPSA) is 68.3 Å². The maximum Gasteiger partial charge on any atom is 0.123 e. The lowest BCUT2D eigenvalue weighted by Gasteiger charge is -2.39. The van der Waals surface area contributed by atoms with E-state index in [2.05, 4.69) is 6.07 Å². The lowest BCUT2D eigenvalue weighted by Crippen LogP contribution is -2.49. The number of nitrogens with two attached hydrogens (primary N) is 1. The molecule has 2 rings (SSSR count). The van der Waals surface area contributed by atoms with Crippen LogP contribution in [0.25, 0.3) is 0 Å². The predicted octanol–water partition coefficient (Wildman–Crippen LogP) is 1.24. The van der Waals surface area contributed by atoms with Crippen molar-refractivity contribution in [3.63, 3.8) is 0 Å². The average molecular weight is 218 g/mol. The molecule has 1 aliphatic heterocycles. The van der Waals surface area contributed by atoms with Crippen LogP contribution in [0.1, 0.15) is 11.6 Å². The van der Waals surface area contributed by atoms with E-state index in [9.17, 15) is 0 Å². The van der Waals surface area contributed by atoms with Crippen LogP contribution in [0.2, 0.25) is 0 Å². The second kappa shape index (κ2) is 4.12. The van der Waals surface area contributed by atoms with Crippen molar-refractivity contribution in [1.29, 1.82) is 5.26 Å². The van der Waals surface area contributed by atoms with Gasteiger partial charge in [-0.25, -0.2) is 0 Å². The standard InChI is InChI=1S/C12H14N2O2/c1-15-10-4-2-9(3-5-10)11(14)12(6-13)7-16-8-12/h2-5,11H,7-8,14H2,1H3. The van der Waals surface area contributed by atoms with E-state index in [4.69, 9.17) is 20.5 Å². The molecule has 1 aliphatic rings. The molecule has 2 N–H and O–H groups in total. The average Bonchev–Trinajstić information content (AvgIpc) is 2.28. The SMILES string of the molecule is COc1ccc(C(N)C2(C#N)COC2)cc1. The molecule has 4 nitrogen and oxygen atoms in total. The Hall–Kier alpha value is -1.57. The minimum absolute atomic E-state index is 0.308. The van der Waals surface area contributed by atoms with Gasteiger partial charge in [0.25, 0.3) is 0 Å². The normalized spacial score (nSPS) is 19.3. The Labute approximate surface area is 94.6 Å². The van der Waals surface area contributed by atoms with Crippen LogP contribution in [0.4, 0.5) is 0 Å². The molecule has 0 saturated carbocycles. The highest BCUT2D eigenvalue weighted by Gasteiger charge is 2.45. The Balaban J connectivity index is 2.20. The van der Waals surface area contributed by atoms with Crippen LogP contribution in [-0.2, 0) is 4.74 Å². The highest BCUT2D eigenvalue weighted by molar-refractivity contribution is 5.32. The van der Waals surface area contributed by atoms with Crippen molar-refractivity contribution >= 4 is 0 Å². The quantitative estimate of drug-likeness (QED) is 0.828. The highest BCUT2D eigenvalue weighted by atomic mass is 16.5. The molecule has 1 fully saturated rings. The van der Waals surface area contributed by atoms with E-state index < -0.39 is 5.41 Å². The summed E-state index contributed by atoms with van der Waals surface area (Å²) in [7, 11) is 1.62. The second-order valence-electron chi connectivity index (χ2n) is 4.01. The number of hydrogen-bond donors (Lipinski definition) is 1. The first-order valence-electron chi connectivity index (χ1n) is 5.10. The van der Waals surface area contributed by atoms with Gasteiger partial charge in [0, 0.05) is 0 Å². The fourth-order valence-electron chi connectivity index (χ4n) is 1.77. The van der Waals surface area contributed by atoms with Gasteiger partial charge in [-0.05, 0) is 17.7 Å². The third kappa shape index (κ3) is 1.64. The zero-order valence-corrected chi connectivity index (χ0v) is 9.14. The van der Waals surface area contributed by atoms with E-state index in [0.717, 1.165) is 11.3 Å². The van der Waals surface area contributed by atoms with Gasteiger partial charge in [-0.2, -0.15) is 5.26 Å². The van der Waals surface area contributed by atoms with E-state index in [1.807, 2.05) is 24.3 Å². The molecule has 4 heteroatoms. The first-order valence-corrected chi connectivity index (χ1v) is 5.10. The van der Waals surface area contributed by atoms with Crippen LogP contribution in [-0.4, -0.2) is 20.3 Å². The number of hydrogen-bond acceptors (Lipinski definition) is 4. The van der Waals surface area contributed by atoms with Crippen LogP contribution in [0.15, 0.2) is 24.3 Å². The first kappa shape index (κ1) is 10.9. The summed E-state index contributed by atoms with van der Waals surface area (Å²) < 4.78 is 10.2. The third-order valence-electron chi connectivity index (χ3n) is 3.01. The number of rotatable bonds is 3. The van der Waals surface area contributed by atoms with Crippen molar-refractivity contribution in [2.24, 2.45) is 11.1 Å². The maximum absolute atomic E-state index is 9.13. The molecule has 0 amide bonds. The zero-order chi connectivity index (χ0) is 11.6. The van der Waals surface area contributed by atoms with Gasteiger partial charge < -0.3 is 15.2 Å². The third-order valence-corrected chi connectivity index (χ3v) is 3.01. The molecule has 1 aromatic rings.